The number of Topliss-reactive ketones (excluding diaryl/α,β-unsaturated/α-hetero) is 2. The summed E-state index contributed by atoms with van der Waals surface area (Å²) >= 11 is 1.54. The van der Waals surface area contributed by atoms with Crippen LogP contribution in [0.2, 0.25) is 0 Å². The van der Waals surface area contributed by atoms with Crippen LogP contribution in [-0.4, -0.2) is 16.6 Å². The second-order valence-electron chi connectivity index (χ2n) is 4.21. The molecule has 0 amide bonds. The molecule has 0 saturated carbocycles. The Labute approximate surface area is 109 Å². The van der Waals surface area contributed by atoms with E-state index in [-0.39, 0.29) is 18.0 Å². The normalized spacial score (nSPS) is 10.3. The van der Waals surface area contributed by atoms with E-state index in [0.29, 0.717) is 5.56 Å². The molecule has 0 N–H and O–H groups in total. The van der Waals surface area contributed by atoms with Gasteiger partial charge in [-0.2, -0.15) is 0 Å². The number of benzene rings is 1. The highest BCUT2D eigenvalue weighted by Gasteiger charge is 2.11. The van der Waals surface area contributed by atoms with Crippen molar-refractivity contribution in [2.75, 3.05) is 0 Å². The van der Waals surface area contributed by atoms with E-state index in [4.69, 9.17) is 0 Å². The van der Waals surface area contributed by atoms with Gasteiger partial charge in [-0.3, -0.25) is 9.59 Å². The summed E-state index contributed by atoms with van der Waals surface area (Å²) in [7, 11) is 0. The molecule has 0 aliphatic rings. The van der Waals surface area contributed by atoms with Gasteiger partial charge in [0.1, 0.15) is 5.78 Å². The SMILES string of the molecule is CC(=O)CC(=O)c1ccc(-c2cscn2)c(C)c1. The van der Waals surface area contributed by atoms with Crippen LogP contribution < -0.4 is 0 Å². The molecule has 3 nitrogen and oxygen atoms in total. The highest BCUT2D eigenvalue weighted by Crippen LogP contribution is 2.24. The molecule has 1 heterocycles. The van der Waals surface area contributed by atoms with Gasteiger partial charge in [-0.15, -0.1) is 11.3 Å². The zero-order valence-electron chi connectivity index (χ0n) is 10.3. The molecule has 2 aromatic rings. The quantitative estimate of drug-likeness (QED) is 0.625. The number of ketones is 2. The fraction of sp³-hybridized carbons (Fsp3) is 0.214. The van der Waals surface area contributed by atoms with Crippen molar-refractivity contribution in [2.45, 2.75) is 20.3 Å². The van der Waals surface area contributed by atoms with E-state index in [1.54, 1.807) is 11.6 Å². The van der Waals surface area contributed by atoms with Gasteiger partial charge >= 0.3 is 0 Å². The van der Waals surface area contributed by atoms with Crippen LogP contribution in [0.1, 0.15) is 29.3 Å². The maximum Gasteiger partial charge on any atom is 0.170 e. The molecule has 0 atom stereocenters. The first-order valence-electron chi connectivity index (χ1n) is 5.60. The molecule has 4 heteroatoms. The first-order chi connectivity index (χ1) is 8.58. The van der Waals surface area contributed by atoms with Gasteiger partial charge in [0.15, 0.2) is 5.78 Å². The molecule has 0 fully saturated rings. The number of carbonyl (C=O) groups excluding carboxylic acids is 2. The molecule has 0 unspecified atom stereocenters. The number of aryl methyl sites for hydroxylation is 1. The van der Waals surface area contributed by atoms with Crippen molar-refractivity contribution in [3.63, 3.8) is 0 Å². The molecular weight excluding hydrogens is 246 g/mol. The number of hydrogen-bond acceptors (Lipinski definition) is 4. The predicted octanol–water partition coefficient (Wildman–Crippen LogP) is 3.28. The first kappa shape index (κ1) is 12.6. The smallest absolute Gasteiger partial charge is 0.170 e. The molecular formula is C14H13NO2S. The summed E-state index contributed by atoms with van der Waals surface area (Å²) in [6.45, 7) is 3.37. The van der Waals surface area contributed by atoms with Crippen LogP contribution in [-0.2, 0) is 4.79 Å². The van der Waals surface area contributed by atoms with Crippen LogP contribution in [0.5, 0.6) is 0 Å². The van der Waals surface area contributed by atoms with Gasteiger partial charge in [-0.25, -0.2) is 4.98 Å². The summed E-state index contributed by atoms with van der Waals surface area (Å²) in [5, 5.41) is 1.97. The number of thiazole rings is 1. The molecule has 0 saturated heterocycles. The Kier molecular flexibility index (Phi) is 3.67. The Morgan fingerprint density at radius 1 is 1.33 bits per heavy atom. The van der Waals surface area contributed by atoms with Crippen molar-refractivity contribution < 1.29 is 9.59 Å². The summed E-state index contributed by atoms with van der Waals surface area (Å²) in [4.78, 5) is 27.0. The minimum absolute atomic E-state index is 0.0323. The summed E-state index contributed by atoms with van der Waals surface area (Å²) in [6.07, 6.45) is -0.0323. The van der Waals surface area contributed by atoms with Gasteiger partial charge in [0.05, 0.1) is 17.6 Å². The van der Waals surface area contributed by atoms with Gasteiger partial charge < -0.3 is 0 Å². The first-order valence-corrected chi connectivity index (χ1v) is 6.54. The molecule has 0 bridgehead atoms. The van der Waals surface area contributed by atoms with Crippen LogP contribution >= 0.6 is 11.3 Å². The lowest BCUT2D eigenvalue weighted by molar-refractivity contribution is -0.116. The summed E-state index contributed by atoms with van der Waals surface area (Å²) in [6, 6.07) is 5.46. The van der Waals surface area contributed by atoms with Crippen LogP contribution in [0.15, 0.2) is 29.1 Å². The Morgan fingerprint density at radius 2 is 2.11 bits per heavy atom. The van der Waals surface area contributed by atoms with Gasteiger partial charge in [0, 0.05) is 16.5 Å². The minimum Gasteiger partial charge on any atom is -0.300 e. The van der Waals surface area contributed by atoms with Crippen molar-refractivity contribution in [3.05, 3.63) is 40.2 Å². The molecule has 0 aliphatic heterocycles. The summed E-state index contributed by atoms with van der Waals surface area (Å²) < 4.78 is 0. The molecule has 0 radical (unpaired) electrons. The lowest BCUT2D eigenvalue weighted by atomic mass is 9.99. The van der Waals surface area contributed by atoms with Gasteiger partial charge in [-0.1, -0.05) is 12.1 Å². The van der Waals surface area contributed by atoms with Crippen LogP contribution in [0.4, 0.5) is 0 Å². The molecule has 2 rings (SSSR count). The molecule has 0 spiro atoms. The Bertz CT molecular complexity index is 588. The van der Waals surface area contributed by atoms with Crippen LogP contribution in [0, 0.1) is 6.92 Å². The van der Waals surface area contributed by atoms with E-state index < -0.39 is 0 Å². The van der Waals surface area contributed by atoms with Gasteiger partial charge in [0.2, 0.25) is 0 Å². The molecule has 92 valence electrons. The van der Waals surface area contributed by atoms with Crippen LogP contribution in [0.25, 0.3) is 11.3 Å². The Hall–Kier alpha value is -1.81. The number of hydrogen-bond donors (Lipinski definition) is 0. The fourth-order valence-corrected chi connectivity index (χ4v) is 2.35. The maximum absolute atomic E-state index is 11.8. The zero-order chi connectivity index (χ0) is 13.1. The van der Waals surface area contributed by atoms with E-state index in [9.17, 15) is 9.59 Å². The second-order valence-corrected chi connectivity index (χ2v) is 4.92. The van der Waals surface area contributed by atoms with Crippen LogP contribution in [0.3, 0.4) is 0 Å². The molecule has 0 aliphatic carbocycles. The van der Waals surface area contributed by atoms with E-state index in [2.05, 4.69) is 4.98 Å². The fourth-order valence-electron chi connectivity index (χ4n) is 1.80. The van der Waals surface area contributed by atoms with Gasteiger partial charge in [0.25, 0.3) is 0 Å². The number of aromatic nitrogens is 1. The van der Waals surface area contributed by atoms with Gasteiger partial charge in [-0.05, 0) is 25.5 Å². The third kappa shape index (κ3) is 2.71. The predicted molar refractivity (Wildman–Crippen MR) is 71.9 cm³/mol. The largest absolute Gasteiger partial charge is 0.300 e. The van der Waals surface area contributed by atoms with Crippen molar-refractivity contribution in [2.24, 2.45) is 0 Å². The lowest BCUT2D eigenvalue weighted by Gasteiger charge is -2.05. The lowest BCUT2D eigenvalue weighted by Crippen LogP contribution is -2.05. The maximum atomic E-state index is 11.8. The van der Waals surface area contributed by atoms with Crippen molar-refractivity contribution >= 4 is 22.9 Å². The highest BCUT2D eigenvalue weighted by atomic mass is 32.1. The Balaban J connectivity index is 2.31. The average molecular weight is 259 g/mol. The summed E-state index contributed by atoms with van der Waals surface area (Å²) in [5.41, 5.74) is 5.31. The van der Waals surface area contributed by atoms with E-state index in [0.717, 1.165) is 16.8 Å². The minimum atomic E-state index is -0.129. The highest BCUT2D eigenvalue weighted by molar-refractivity contribution is 7.07. The molecule has 18 heavy (non-hydrogen) atoms. The number of carbonyl (C=O) groups is 2. The topological polar surface area (TPSA) is 47.0 Å². The standard InChI is InChI=1S/C14H13NO2S/c1-9-5-11(14(17)6-10(2)16)3-4-12(9)13-7-18-8-15-13/h3-5,7-8H,6H2,1-2H3. The van der Waals surface area contributed by atoms with Crippen molar-refractivity contribution in [1.82, 2.24) is 4.98 Å². The van der Waals surface area contributed by atoms with E-state index in [1.807, 2.05) is 24.4 Å². The zero-order valence-corrected chi connectivity index (χ0v) is 11.1. The molecule has 1 aromatic carbocycles. The van der Waals surface area contributed by atoms with Crippen molar-refractivity contribution in [1.29, 1.82) is 0 Å². The number of rotatable bonds is 4. The summed E-state index contributed by atoms with van der Waals surface area (Å²) in [5.74, 6) is -0.239. The second kappa shape index (κ2) is 5.23. The average Bonchev–Trinajstić information content (AvgIpc) is 2.81. The molecule has 1 aromatic heterocycles. The van der Waals surface area contributed by atoms with Crippen molar-refractivity contribution in [3.8, 4) is 11.3 Å². The third-order valence-electron chi connectivity index (χ3n) is 2.67. The third-order valence-corrected chi connectivity index (χ3v) is 3.25. The monoisotopic (exact) mass is 259 g/mol. The van der Waals surface area contributed by atoms with E-state index >= 15 is 0 Å². The Morgan fingerprint density at radius 3 is 2.67 bits per heavy atom. The van der Waals surface area contributed by atoms with E-state index in [1.165, 1.54) is 18.3 Å². The number of nitrogens with zero attached hydrogens (tertiary/aromatic N) is 1.